The van der Waals surface area contributed by atoms with Crippen molar-refractivity contribution in [3.05, 3.63) is 99.8 Å². The van der Waals surface area contributed by atoms with Crippen LogP contribution in [0.5, 0.6) is 0 Å². The molecule has 3 aromatic carbocycles. The highest BCUT2D eigenvalue weighted by Gasteiger charge is 2.32. The molecule has 3 aromatic rings. The van der Waals surface area contributed by atoms with Crippen molar-refractivity contribution in [2.45, 2.75) is 6.17 Å². The van der Waals surface area contributed by atoms with E-state index in [1.165, 1.54) is 11.0 Å². The van der Waals surface area contributed by atoms with Crippen LogP contribution in [0, 0.1) is 5.82 Å². The number of benzene rings is 3. The first kappa shape index (κ1) is 20.0. The van der Waals surface area contributed by atoms with Crippen molar-refractivity contribution in [3.8, 4) is 0 Å². The van der Waals surface area contributed by atoms with Crippen LogP contribution >= 0.6 is 15.9 Å². The van der Waals surface area contributed by atoms with Crippen LogP contribution in [0.3, 0.4) is 0 Å². The first-order valence-electron chi connectivity index (χ1n) is 9.22. The van der Waals surface area contributed by atoms with E-state index in [4.69, 9.17) is 0 Å². The second-order valence-corrected chi connectivity index (χ2v) is 7.58. The Balaban J connectivity index is 1.82. The second-order valence-electron chi connectivity index (χ2n) is 6.73. The summed E-state index contributed by atoms with van der Waals surface area (Å²) in [6.45, 7) is 0. The molecule has 1 aliphatic rings. The van der Waals surface area contributed by atoms with E-state index in [1.807, 2.05) is 0 Å². The van der Waals surface area contributed by atoms with E-state index in [-0.39, 0.29) is 5.56 Å². The highest BCUT2D eigenvalue weighted by molar-refractivity contribution is 9.10. The molecule has 0 aromatic heterocycles. The topological polar surface area (TPSA) is 61.8 Å². The quantitative estimate of drug-likeness (QED) is 0.631. The molecule has 1 heterocycles. The molecule has 2 amide bonds. The number of halogens is 2. The molecule has 7 heteroatoms. The highest BCUT2D eigenvalue weighted by Crippen LogP contribution is 2.28. The van der Waals surface area contributed by atoms with Crippen LogP contribution in [0.15, 0.2) is 82.3 Å². The number of likely N-dealkylation sites (N-methyl/N-ethyl adjacent to an activating group) is 1. The SMILES string of the molecule is CN1C(=O)[C@@H](NC(=O)c2ccccc2Br)N=C(c2ccccc2F)c2ccccc21. The minimum absolute atomic E-state index is 0.258. The van der Waals surface area contributed by atoms with Crippen LogP contribution in [-0.4, -0.2) is 30.7 Å². The number of para-hydroxylation sites is 1. The fourth-order valence-corrected chi connectivity index (χ4v) is 3.80. The number of rotatable bonds is 3. The number of aliphatic imine (C=N–C) groups is 1. The minimum atomic E-state index is -1.21. The summed E-state index contributed by atoms with van der Waals surface area (Å²) >= 11 is 3.34. The van der Waals surface area contributed by atoms with Gasteiger partial charge in [-0.2, -0.15) is 0 Å². The van der Waals surface area contributed by atoms with Gasteiger partial charge in [-0.1, -0.05) is 42.5 Å². The molecule has 1 atom stereocenters. The number of hydrogen-bond donors (Lipinski definition) is 1. The zero-order chi connectivity index (χ0) is 21.3. The molecule has 150 valence electrons. The summed E-state index contributed by atoms with van der Waals surface area (Å²) in [4.78, 5) is 31.9. The van der Waals surface area contributed by atoms with E-state index in [0.29, 0.717) is 27.0 Å². The average molecular weight is 466 g/mol. The number of fused-ring (bicyclic) bond motifs is 1. The van der Waals surface area contributed by atoms with Gasteiger partial charge in [-0.15, -0.1) is 0 Å². The van der Waals surface area contributed by atoms with Crippen LogP contribution in [0.4, 0.5) is 10.1 Å². The molecule has 0 spiro atoms. The molecule has 1 N–H and O–H groups in total. The minimum Gasteiger partial charge on any atom is -0.322 e. The van der Waals surface area contributed by atoms with Crippen LogP contribution in [0.2, 0.25) is 0 Å². The molecule has 30 heavy (non-hydrogen) atoms. The summed E-state index contributed by atoms with van der Waals surface area (Å²) in [5, 5.41) is 2.68. The molecular weight excluding hydrogens is 449 g/mol. The fraction of sp³-hybridized carbons (Fsp3) is 0.0870. The van der Waals surface area contributed by atoms with Gasteiger partial charge in [0.25, 0.3) is 11.8 Å². The summed E-state index contributed by atoms with van der Waals surface area (Å²) in [5.74, 6) is -1.34. The van der Waals surface area contributed by atoms with E-state index >= 15 is 0 Å². The number of benzodiazepines with no additional fused rings is 1. The molecule has 0 unspecified atom stereocenters. The second kappa shape index (κ2) is 8.20. The molecule has 5 nitrogen and oxygen atoms in total. The third kappa shape index (κ3) is 3.64. The summed E-state index contributed by atoms with van der Waals surface area (Å²) in [7, 11) is 1.61. The molecule has 0 bridgehead atoms. The molecule has 0 fully saturated rings. The third-order valence-corrected chi connectivity index (χ3v) is 5.55. The number of carbonyl (C=O) groups is 2. The Morgan fingerprint density at radius 1 is 1.00 bits per heavy atom. The Kier molecular flexibility index (Phi) is 5.46. The van der Waals surface area contributed by atoms with Gasteiger partial charge in [-0.3, -0.25) is 9.59 Å². The Morgan fingerprint density at radius 2 is 1.63 bits per heavy atom. The Labute approximate surface area is 181 Å². The van der Waals surface area contributed by atoms with Gasteiger partial charge in [-0.25, -0.2) is 9.38 Å². The van der Waals surface area contributed by atoms with Crippen LogP contribution in [0.1, 0.15) is 21.5 Å². The van der Waals surface area contributed by atoms with E-state index in [9.17, 15) is 14.0 Å². The third-order valence-electron chi connectivity index (χ3n) is 4.86. The van der Waals surface area contributed by atoms with Crippen LogP contribution in [0.25, 0.3) is 0 Å². The predicted octanol–water partition coefficient (Wildman–Crippen LogP) is 4.16. The summed E-state index contributed by atoms with van der Waals surface area (Å²) in [5.41, 5.74) is 2.13. The maximum atomic E-state index is 14.6. The average Bonchev–Trinajstić information content (AvgIpc) is 2.85. The predicted molar refractivity (Wildman–Crippen MR) is 117 cm³/mol. The number of nitrogens with zero attached hydrogens (tertiary/aromatic N) is 2. The lowest BCUT2D eigenvalue weighted by molar-refractivity contribution is -0.119. The van der Waals surface area contributed by atoms with E-state index in [2.05, 4.69) is 26.2 Å². The van der Waals surface area contributed by atoms with Crippen molar-refractivity contribution in [1.82, 2.24) is 5.32 Å². The van der Waals surface area contributed by atoms with Gasteiger partial charge in [0.1, 0.15) is 5.82 Å². The monoisotopic (exact) mass is 465 g/mol. The van der Waals surface area contributed by atoms with Crippen molar-refractivity contribution in [1.29, 1.82) is 0 Å². The number of anilines is 1. The van der Waals surface area contributed by atoms with Crippen molar-refractivity contribution in [3.63, 3.8) is 0 Å². The molecule has 0 saturated heterocycles. The van der Waals surface area contributed by atoms with Gasteiger partial charge in [0.15, 0.2) is 0 Å². The number of nitrogens with one attached hydrogen (secondary N) is 1. The largest absolute Gasteiger partial charge is 0.322 e. The Hall–Kier alpha value is -3.32. The molecule has 0 radical (unpaired) electrons. The highest BCUT2D eigenvalue weighted by atomic mass is 79.9. The van der Waals surface area contributed by atoms with Crippen molar-refractivity contribution >= 4 is 39.1 Å². The first-order chi connectivity index (χ1) is 14.5. The first-order valence-corrected chi connectivity index (χ1v) is 10.0. The smallest absolute Gasteiger partial charge is 0.272 e. The van der Waals surface area contributed by atoms with E-state index in [1.54, 1.807) is 73.8 Å². The van der Waals surface area contributed by atoms with Crippen molar-refractivity contribution < 1.29 is 14.0 Å². The molecular formula is C23H17BrFN3O2. The number of amides is 2. The fourth-order valence-electron chi connectivity index (χ4n) is 3.33. The maximum absolute atomic E-state index is 14.6. The Morgan fingerprint density at radius 3 is 2.37 bits per heavy atom. The van der Waals surface area contributed by atoms with Crippen molar-refractivity contribution in [2.24, 2.45) is 4.99 Å². The lowest BCUT2D eigenvalue weighted by atomic mass is 10.00. The van der Waals surface area contributed by atoms with Gasteiger partial charge in [0.2, 0.25) is 6.17 Å². The van der Waals surface area contributed by atoms with Gasteiger partial charge in [0.05, 0.1) is 17.0 Å². The van der Waals surface area contributed by atoms with Crippen LogP contribution in [-0.2, 0) is 4.79 Å². The standard InChI is InChI=1S/C23H17BrFN3O2/c1-28-19-13-7-4-10-16(19)20(15-9-3-6-12-18(15)25)26-21(23(28)30)27-22(29)14-8-2-5-11-17(14)24/h2-13,21H,1H3,(H,27,29)/t21-/m1/s1. The lowest BCUT2D eigenvalue weighted by Gasteiger charge is -2.21. The maximum Gasteiger partial charge on any atom is 0.272 e. The molecule has 1 aliphatic heterocycles. The Bertz CT molecular complexity index is 1180. The lowest BCUT2D eigenvalue weighted by Crippen LogP contribution is -2.46. The molecule has 0 aliphatic carbocycles. The van der Waals surface area contributed by atoms with E-state index < -0.39 is 23.8 Å². The number of hydrogen-bond acceptors (Lipinski definition) is 3. The summed E-state index contributed by atoms with van der Waals surface area (Å²) in [6, 6.07) is 20.3. The van der Waals surface area contributed by atoms with Gasteiger partial charge < -0.3 is 10.2 Å². The zero-order valence-electron chi connectivity index (χ0n) is 16.0. The van der Waals surface area contributed by atoms with Gasteiger partial charge >= 0.3 is 0 Å². The number of carbonyl (C=O) groups excluding carboxylic acids is 2. The zero-order valence-corrected chi connectivity index (χ0v) is 17.6. The normalized spacial score (nSPS) is 15.8. The van der Waals surface area contributed by atoms with E-state index in [0.717, 1.165) is 0 Å². The van der Waals surface area contributed by atoms with Crippen molar-refractivity contribution in [2.75, 3.05) is 11.9 Å². The summed E-state index contributed by atoms with van der Waals surface area (Å²) in [6.07, 6.45) is -1.21. The van der Waals surface area contributed by atoms with Gasteiger partial charge in [-0.05, 0) is 46.3 Å². The molecule has 0 saturated carbocycles. The molecule has 4 rings (SSSR count). The van der Waals surface area contributed by atoms with Crippen LogP contribution < -0.4 is 10.2 Å². The summed E-state index contributed by atoms with van der Waals surface area (Å²) < 4.78 is 15.2. The van der Waals surface area contributed by atoms with Gasteiger partial charge in [0, 0.05) is 22.6 Å².